The second-order valence-electron chi connectivity index (χ2n) is 6.25. The number of para-hydroxylation sites is 1. The van der Waals surface area contributed by atoms with E-state index in [9.17, 15) is 18.0 Å². The fraction of sp³-hybridized carbons (Fsp3) is 0.500. The third-order valence-electron chi connectivity index (χ3n) is 4.43. The molecule has 1 fully saturated rings. The standard InChI is InChI=1S/C16H20N2O4S/c19-15(17-13-7-8-23(21,22)10-13)6-5-12-9-11-3-1-2-4-14(11)18-16(12)20/h1-4,12-13H,5-10H2,(H,17,19)(H,18,20)/t12-,13-/m1/s1. The highest BCUT2D eigenvalue weighted by Crippen LogP contribution is 2.27. The van der Waals surface area contributed by atoms with Gasteiger partial charge >= 0.3 is 0 Å². The Bertz CT molecular complexity index is 729. The van der Waals surface area contributed by atoms with E-state index in [2.05, 4.69) is 10.6 Å². The van der Waals surface area contributed by atoms with Crippen LogP contribution in [-0.4, -0.2) is 37.8 Å². The van der Waals surface area contributed by atoms with Gasteiger partial charge in [0.25, 0.3) is 0 Å². The van der Waals surface area contributed by atoms with Crippen LogP contribution >= 0.6 is 0 Å². The minimum atomic E-state index is -3.00. The highest BCUT2D eigenvalue weighted by molar-refractivity contribution is 7.91. The van der Waals surface area contributed by atoms with Gasteiger partial charge in [-0.2, -0.15) is 0 Å². The maximum atomic E-state index is 12.1. The average molecular weight is 336 g/mol. The first-order valence-electron chi connectivity index (χ1n) is 7.81. The van der Waals surface area contributed by atoms with Gasteiger partial charge in [0, 0.05) is 24.1 Å². The topological polar surface area (TPSA) is 92.3 Å². The molecule has 2 aliphatic rings. The van der Waals surface area contributed by atoms with Crippen molar-refractivity contribution in [3.05, 3.63) is 29.8 Å². The molecule has 0 bridgehead atoms. The number of nitrogens with one attached hydrogen (secondary N) is 2. The maximum absolute atomic E-state index is 12.1. The quantitative estimate of drug-likeness (QED) is 0.854. The Hall–Kier alpha value is -1.89. The molecule has 1 saturated heterocycles. The number of anilines is 1. The zero-order valence-electron chi connectivity index (χ0n) is 12.7. The Morgan fingerprint density at radius 2 is 2.09 bits per heavy atom. The lowest BCUT2D eigenvalue weighted by molar-refractivity contribution is -0.123. The molecule has 1 aromatic carbocycles. The molecule has 2 amide bonds. The van der Waals surface area contributed by atoms with Crippen LogP contribution in [-0.2, 0) is 25.8 Å². The Balaban J connectivity index is 1.51. The first kappa shape index (κ1) is 16.0. The van der Waals surface area contributed by atoms with Crippen LogP contribution in [0.3, 0.4) is 0 Å². The first-order chi connectivity index (χ1) is 10.9. The molecule has 0 spiro atoms. The molecular weight excluding hydrogens is 316 g/mol. The second-order valence-corrected chi connectivity index (χ2v) is 8.48. The Morgan fingerprint density at radius 1 is 1.30 bits per heavy atom. The third-order valence-corrected chi connectivity index (χ3v) is 6.20. The summed E-state index contributed by atoms with van der Waals surface area (Å²) < 4.78 is 22.8. The minimum absolute atomic E-state index is 0.0238. The van der Waals surface area contributed by atoms with E-state index >= 15 is 0 Å². The first-order valence-corrected chi connectivity index (χ1v) is 9.64. The highest BCUT2D eigenvalue weighted by atomic mass is 32.2. The van der Waals surface area contributed by atoms with Gasteiger partial charge in [-0.3, -0.25) is 9.59 Å². The molecule has 3 rings (SSSR count). The molecule has 2 aliphatic heterocycles. The van der Waals surface area contributed by atoms with Crippen LogP contribution in [0, 0.1) is 5.92 Å². The molecule has 23 heavy (non-hydrogen) atoms. The molecule has 0 radical (unpaired) electrons. The smallest absolute Gasteiger partial charge is 0.227 e. The zero-order valence-corrected chi connectivity index (χ0v) is 13.6. The summed E-state index contributed by atoms with van der Waals surface area (Å²) in [5, 5.41) is 5.63. The molecule has 6 nitrogen and oxygen atoms in total. The van der Waals surface area contributed by atoms with Crippen LogP contribution in [0.1, 0.15) is 24.8 Å². The summed E-state index contributed by atoms with van der Waals surface area (Å²) >= 11 is 0. The predicted octanol–water partition coefficient (Wildman–Crippen LogP) is 0.881. The van der Waals surface area contributed by atoms with Gasteiger partial charge in [-0.15, -0.1) is 0 Å². The van der Waals surface area contributed by atoms with Crippen molar-refractivity contribution in [3.63, 3.8) is 0 Å². The van der Waals surface area contributed by atoms with Crippen LogP contribution in [0.5, 0.6) is 0 Å². The van der Waals surface area contributed by atoms with Crippen molar-refractivity contribution in [3.8, 4) is 0 Å². The summed E-state index contributed by atoms with van der Waals surface area (Å²) in [6.07, 6.45) is 1.81. The number of amides is 2. The number of carbonyl (C=O) groups excluding carboxylic acids is 2. The number of benzene rings is 1. The Morgan fingerprint density at radius 3 is 2.83 bits per heavy atom. The molecule has 2 atom stereocenters. The van der Waals surface area contributed by atoms with Crippen molar-refractivity contribution in [1.29, 1.82) is 0 Å². The molecule has 2 heterocycles. The van der Waals surface area contributed by atoms with E-state index in [4.69, 9.17) is 0 Å². The van der Waals surface area contributed by atoms with E-state index in [0.717, 1.165) is 11.3 Å². The largest absolute Gasteiger partial charge is 0.352 e. The van der Waals surface area contributed by atoms with Crippen LogP contribution in [0.15, 0.2) is 24.3 Å². The molecular formula is C16H20N2O4S. The lowest BCUT2D eigenvalue weighted by atomic mass is 9.89. The third kappa shape index (κ3) is 3.90. The number of fused-ring (bicyclic) bond motifs is 1. The molecule has 0 unspecified atom stereocenters. The van der Waals surface area contributed by atoms with Gasteiger partial charge in [0.15, 0.2) is 9.84 Å². The van der Waals surface area contributed by atoms with Crippen LogP contribution in [0.2, 0.25) is 0 Å². The van der Waals surface area contributed by atoms with E-state index in [1.54, 1.807) is 0 Å². The van der Waals surface area contributed by atoms with Gasteiger partial charge in [0.1, 0.15) is 0 Å². The Labute approximate surface area is 135 Å². The van der Waals surface area contributed by atoms with E-state index in [0.29, 0.717) is 19.3 Å². The van der Waals surface area contributed by atoms with Crippen molar-refractivity contribution in [2.75, 3.05) is 16.8 Å². The Kier molecular flexibility index (Phi) is 4.39. The van der Waals surface area contributed by atoms with E-state index in [-0.39, 0.29) is 41.7 Å². The predicted molar refractivity (Wildman–Crippen MR) is 86.7 cm³/mol. The molecule has 2 N–H and O–H groups in total. The molecule has 1 aromatic rings. The number of hydrogen-bond acceptors (Lipinski definition) is 4. The van der Waals surface area contributed by atoms with Crippen LogP contribution in [0.25, 0.3) is 0 Å². The highest BCUT2D eigenvalue weighted by Gasteiger charge is 2.30. The van der Waals surface area contributed by atoms with E-state index in [1.807, 2.05) is 24.3 Å². The second kappa shape index (κ2) is 6.31. The summed E-state index contributed by atoms with van der Waals surface area (Å²) in [7, 11) is -3.00. The van der Waals surface area contributed by atoms with Crippen LogP contribution in [0.4, 0.5) is 5.69 Å². The zero-order chi connectivity index (χ0) is 16.4. The lowest BCUT2D eigenvalue weighted by Crippen LogP contribution is -2.36. The van der Waals surface area contributed by atoms with Crippen molar-refractivity contribution in [2.24, 2.45) is 5.92 Å². The fourth-order valence-corrected chi connectivity index (χ4v) is 4.83. The summed E-state index contributed by atoms with van der Waals surface area (Å²) in [6, 6.07) is 7.37. The van der Waals surface area contributed by atoms with Crippen molar-refractivity contribution in [2.45, 2.75) is 31.7 Å². The number of hydrogen-bond donors (Lipinski definition) is 2. The minimum Gasteiger partial charge on any atom is -0.352 e. The van der Waals surface area contributed by atoms with Gasteiger partial charge in [-0.25, -0.2) is 8.42 Å². The lowest BCUT2D eigenvalue weighted by Gasteiger charge is -2.24. The molecule has 0 aromatic heterocycles. The molecule has 7 heteroatoms. The fourth-order valence-electron chi connectivity index (χ4n) is 3.16. The van der Waals surface area contributed by atoms with Gasteiger partial charge < -0.3 is 10.6 Å². The monoisotopic (exact) mass is 336 g/mol. The summed E-state index contributed by atoms with van der Waals surface area (Å²) in [5.74, 6) is -0.294. The SMILES string of the molecule is O=C(CC[C@@H]1Cc2ccccc2NC1=O)N[C@@H]1CCS(=O)(=O)C1. The summed E-state index contributed by atoms with van der Waals surface area (Å²) in [6.45, 7) is 0. The van der Waals surface area contributed by atoms with E-state index < -0.39 is 9.84 Å². The summed E-state index contributed by atoms with van der Waals surface area (Å²) in [5.41, 5.74) is 1.92. The maximum Gasteiger partial charge on any atom is 0.227 e. The number of rotatable bonds is 4. The summed E-state index contributed by atoms with van der Waals surface area (Å²) in [4.78, 5) is 24.0. The average Bonchev–Trinajstić information content (AvgIpc) is 2.84. The van der Waals surface area contributed by atoms with Gasteiger partial charge in [-0.05, 0) is 30.9 Å². The molecule has 0 aliphatic carbocycles. The van der Waals surface area contributed by atoms with Crippen molar-refractivity contribution >= 4 is 27.3 Å². The normalized spacial score (nSPS) is 25.5. The van der Waals surface area contributed by atoms with Gasteiger partial charge in [0.2, 0.25) is 11.8 Å². The van der Waals surface area contributed by atoms with Gasteiger partial charge in [0.05, 0.1) is 11.5 Å². The number of carbonyl (C=O) groups is 2. The molecule has 124 valence electrons. The number of sulfone groups is 1. The molecule has 0 saturated carbocycles. The van der Waals surface area contributed by atoms with Crippen molar-refractivity contribution in [1.82, 2.24) is 5.32 Å². The van der Waals surface area contributed by atoms with E-state index in [1.165, 1.54) is 0 Å². The van der Waals surface area contributed by atoms with Gasteiger partial charge in [-0.1, -0.05) is 18.2 Å². The van der Waals surface area contributed by atoms with Crippen molar-refractivity contribution < 1.29 is 18.0 Å². The van der Waals surface area contributed by atoms with Crippen LogP contribution < -0.4 is 10.6 Å².